The van der Waals surface area contributed by atoms with E-state index in [0.717, 1.165) is 38.0 Å². The second-order valence-electron chi connectivity index (χ2n) is 6.56. The monoisotopic (exact) mass is 351 g/mol. The normalized spacial score (nSPS) is 19.5. The molecule has 1 aromatic carbocycles. The van der Waals surface area contributed by atoms with Crippen molar-refractivity contribution >= 4 is 9.84 Å². The summed E-state index contributed by atoms with van der Waals surface area (Å²) in [4.78, 5) is 2.65. The smallest absolute Gasteiger partial charge is 0.178 e. The molecule has 1 fully saturated rings. The lowest BCUT2D eigenvalue weighted by atomic mass is 9.93. The van der Waals surface area contributed by atoms with Crippen LogP contribution in [0.4, 0.5) is 4.39 Å². The Balaban J connectivity index is 1.64. The molecule has 1 aliphatic heterocycles. The van der Waals surface area contributed by atoms with Crippen LogP contribution in [0.25, 0.3) is 0 Å². The van der Waals surface area contributed by atoms with Crippen molar-refractivity contribution in [2.75, 3.05) is 19.3 Å². The minimum absolute atomic E-state index is 0.220. The van der Waals surface area contributed by atoms with Gasteiger partial charge in [0, 0.05) is 19.3 Å². The molecule has 1 aromatic heterocycles. The van der Waals surface area contributed by atoms with Crippen LogP contribution in [0.1, 0.15) is 24.1 Å². The molecule has 0 spiro atoms. The molecule has 0 amide bonds. The molecule has 3 rings (SSSR count). The van der Waals surface area contributed by atoms with Crippen LogP contribution in [0.2, 0.25) is 0 Å². The van der Waals surface area contributed by atoms with E-state index in [1.165, 1.54) is 24.6 Å². The number of piperidine rings is 1. The van der Waals surface area contributed by atoms with Gasteiger partial charge in [0.1, 0.15) is 10.7 Å². The summed E-state index contributed by atoms with van der Waals surface area (Å²) in [5.41, 5.74) is 1.79. The average molecular weight is 351 g/mol. The third-order valence-electron chi connectivity index (χ3n) is 4.49. The second kappa shape index (κ2) is 7.03. The van der Waals surface area contributed by atoms with E-state index in [9.17, 15) is 12.8 Å². The Morgan fingerprint density at radius 3 is 2.79 bits per heavy atom. The average Bonchev–Trinajstić information content (AvgIpc) is 2.98. The molecular formula is C17H22FN3O2S. The molecule has 2 heterocycles. The summed E-state index contributed by atoms with van der Waals surface area (Å²) < 4.78 is 36.6. The SMILES string of the molecule is CS(=O)(=O)c1cn[nH]c1C[C@H]1CCCN(Cc2ccc(F)cc2)C1. The zero-order chi connectivity index (χ0) is 17.2. The quantitative estimate of drug-likeness (QED) is 0.898. The summed E-state index contributed by atoms with van der Waals surface area (Å²) in [6, 6.07) is 6.60. The van der Waals surface area contributed by atoms with Gasteiger partial charge in [-0.1, -0.05) is 12.1 Å². The van der Waals surface area contributed by atoms with E-state index in [1.54, 1.807) is 0 Å². The second-order valence-corrected chi connectivity index (χ2v) is 8.54. The first kappa shape index (κ1) is 17.1. The van der Waals surface area contributed by atoms with E-state index in [1.807, 2.05) is 12.1 Å². The van der Waals surface area contributed by atoms with Gasteiger partial charge < -0.3 is 0 Å². The maximum Gasteiger partial charge on any atom is 0.178 e. The molecule has 0 saturated carbocycles. The van der Waals surface area contributed by atoms with Gasteiger partial charge in [0.15, 0.2) is 9.84 Å². The van der Waals surface area contributed by atoms with E-state index < -0.39 is 9.84 Å². The highest BCUT2D eigenvalue weighted by atomic mass is 32.2. The van der Waals surface area contributed by atoms with Gasteiger partial charge >= 0.3 is 0 Å². The van der Waals surface area contributed by atoms with E-state index >= 15 is 0 Å². The fourth-order valence-corrected chi connectivity index (χ4v) is 4.19. The summed E-state index contributed by atoms with van der Waals surface area (Å²) in [7, 11) is -3.25. The van der Waals surface area contributed by atoms with Crippen molar-refractivity contribution in [2.24, 2.45) is 5.92 Å². The number of benzene rings is 1. The van der Waals surface area contributed by atoms with E-state index in [4.69, 9.17) is 0 Å². The molecule has 5 nitrogen and oxygen atoms in total. The number of H-pyrrole nitrogens is 1. The highest BCUT2D eigenvalue weighted by molar-refractivity contribution is 7.90. The molecule has 0 aliphatic carbocycles. The predicted molar refractivity (Wildman–Crippen MR) is 89.8 cm³/mol. The third kappa shape index (κ3) is 4.21. The lowest BCUT2D eigenvalue weighted by molar-refractivity contribution is 0.166. The van der Waals surface area contributed by atoms with E-state index in [2.05, 4.69) is 15.1 Å². The Hall–Kier alpha value is -1.73. The van der Waals surface area contributed by atoms with Crippen LogP contribution in [-0.4, -0.2) is 42.9 Å². The van der Waals surface area contributed by atoms with Crippen molar-refractivity contribution in [1.82, 2.24) is 15.1 Å². The van der Waals surface area contributed by atoms with Crippen molar-refractivity contribution in [3.05, 3.63) is 47.5 Å². The number of nitrogens with zero attached hydrogens (tertiary/aromatic N) is 2. The Morgan fingerprint density at radius 1 is 1.33 bits per heavy atom. The molecule has 1 atom stereocenters. The fraction of sp³-hybridized carbons (Fsp3) is 0.471. The first-order valence-corrected chi connectivity index (χ1v) is 10.00. The Labute approximate surface area is 141 Å². The minimum Gasteiger partial charge on any atom is -0.299 e. The Kier molecular flexibility index (Phi) is 5.01. The van der Waals surface area contributed by atoms with E-state index in [0.29, 0.717) is 22.9 Å². The number of nitrogens with one attached hydrogen (secondary N) is 1. The van der Waals surface area contributed by atoms with Gasteiger partial charge in [0.2, 0.25) is 0 Å². The molecule has 0 radical (unpaired) electrons. The summed E-state index contributed by atoms with van der Waals surface area (Å²) in [5.74, 6) is 0.169. The molecule has 1 aliphatic rings. The molecule has 1 N–H and O–H groups in total. The standard InChI is InChI=1S/C17H22FN3O2S/c1-24(22,23)17-10-19-20-16(17)9-14-3-2-8-21(12-14)11-13-4-6-15(18)7-5-13/h4-7,10,14H,2-3,8-9,11-12H2,1H3,(H,19,20)/t14-/m1/s1. The van der Waals surface area contributed by atoms with Gasteiger partial charge in [-0.25, -0.2) is 12.8 Å². The minimum atomic E-state index is -3.25. The van der Waals surface area contributed by atoms with Gasteiger partial charge in [0.25, 0.3) is 0 Å². The lowest BCUT2D eigenvalue weighted by Crippen LogP contribution is -2.35. The fourth-order valence-electron chi connectivity index (χ4n) is 3.37. The zero-order valence-electron chi connectivity index (χ0n) is 13.7. The van der Waals surface area contributed by atoms with Gasteiger partial charge in [0.05, 0.1) is 11.9 Å². The number of likely N-dealkylation sites (tertiary alicyclic amines) is 1. The van der Waals surface area contributed by atoms with Crippen molar-refractivity contribution in [2.45, 2.75) is 30.7 Å². The Bertz CT molecular complexity index is 786. The van der Waals surface area contributed by atoms with Gasteiger partial charge in [-0.15, -0.1) is 0 Å². The molecule has 1 saturated heterocycles. The topological polar surface area (TPSA) is 66.1 Å². The van der Waals surface area contributed by atoms with Crippen LogP contribution in [0.15, 0.2) is 35.4 Å². The number of hydrogen-bond donors (Lipinski definition) is 1. The van der Waals surface area contributed by atoms with Crippen LogP contribution in [0, 0.1) is 11.7 Å². The first-order chi connectivity index (χ1) is 11.4. The summed E-state index contributed by atoms with van der Waals surface area (Å²) in [5, 5.41) is 6.74. The van der Waals surface area contributed by atoms with Gasteiger partial charge in [-0.3, -0.25) is 10.00 Å². The van der Waals surface area contributed by atoms with Crippen molar-refractivity contribution in [3.63, 3.8) is 0 Å². The molecule has 2 aromatic rings. The number of aromatic amines is 1. The molecule has 130 valence electrons. The van der Waals surface area contributed by atoms with Gasteiger partial charge in [-0.05, 0) is 49.4 Å². The number of sulfone groups is 1. The summed E-state index contributed by atoms with van der Waals surface area (Å²) in [6.45, 7) is 2.70. The van der Waals surface area contributed by atoms with Crippen LogP contribution in [-0.2, 0) is 22.8 Å². The molecular weight excluding hydrogens is 329 g/mol. The number of aromatic nitrogens is 2. The molecule has 0 unspecified atom stereocenters. The van der Waals surface area contributed by atoms with Crippen molar-refractivity contribution < 1.29 is 12.8 Å². The molecule has 7 heteroatoms. The Morgan fingerprint density at radius 2 is 2.08 bits per heavy atom. The predicted octanol–water partition coefficient (Wildman–Crippen LogP) is 2.41. The molecule has 0 bridgehead atoms. The zero-order valence-corrected chi connectivity index (χ0v) is 14.5. The summed E-state index contributed by atoms with van der Waals surface area (Å²) in [6.07, 6.45) is 5.44. The van der Waals surface area contributed by atoms with E-state index in [-0.39, 0.29) is 5.82 Å². The van der Waals surface area contributed by atoms with Crippen LogP contribution in [0.5, 0.6) is 0 Å². The third-order valence-corrected chi connectivity index (χ3v) is 5.64. The largest absolute Gasteiger partial charge is 0.299 e. The van der Waals surface area contributed by atoms with Crippen LogP contribution >= 0.6 is 0 Å². The highest BCUT2D eigenvalue weighted by Gasteiger charge is 2.24. The number of halogens is 1. The number of hydrogen-bond acceptors (Lipinski definition) is 4. The summed E-state index contributed by atoms with van der Waals surface area (Å²) >= 11 is 0. The van der Waals surface area contributed by atoms with Crippen molar-refractivity contribution in [1.29, 1.82) is 0 Å². The van der Waals surface area contributed by atoms with Crippen molar-refractivity contribution in [3.8, 4) is 0 Å². The van der Waals surface area contributed by atoms with Crippen LogP contribution in [0.3, 0.4) is 0 Å². The van der Waals surface area contributed by atoms with Gasteiger partial charge in [-0.2, -0.15) is 5.10 Å². The lowest BCUT2D eigenvalue weighted by Gasteiger charge is -2.32. The van der Waals surface area contributed by atoms with Crippen LogP contribution < -0.4 is 0 Å². The maximum atomic E-state index is 13.0. The first-order valence-electron chi connectivity index (χ1n) is 8.11. The number of rotatable bonds is 5. The molecule has 24 heavy (non-hydrogen) atoms. The highest BCUT2D eigenvalue weighted by Crippen LogP contribution is 2.24. The maximum absolute atomic E-state index is 13.0.